The molecular weight excluding hydrogens is 198 g/mol. The number of carbonyl (C=O) groups excluding carboxylic acids is 1. The van der Waals surface area contributed by atoms with E-state index in [1.165, 1.54) is 12.8 Å². The van der Waals surface area contributed by atoms with Crippen molar-refractivity contribution in [2.45, 2.75) is 72.4 Å². The molecule has 2 nitrogen and oxygen atoms in total. The van der Waals surface area contributed by atoms with E-state index in [-0.39, 0.29) is 17.0 Å². The molecule has 0 saturated carbocycles. The van der Waals surface area contributed by atoms with Crippen molar-refractivity contribution in [3.63, 3.8) is 0 Å². The molecule has 1 saturated heterocycles. The van der Waals surface area contributed by atoms with Gasteiger partial charge in [-0.15, -0.1) is 0 Å². The first-order valence-electron chi connectivity index (χ1n) is 6.45. The van der Waals surface area contributed by atoms with Crippen LogP contribution in [0.3, 0.4) is 0 Å². The van der Waals surface area contributed by atoms with Crippen LogP contribution in [0.15, 0.2) is 0 Å². The number of ketones is 1. The first kappa shape index (κ1) is 13.7. The molecule has 1 rings (SSSR count). The van der Waals surface area contributed by atoms with Crippen molar-refractivity contribution in [1.29, 1.82) is 0 Å². The molecule has 94 valence electrons. The molecular formula is C14H27NO. The van der Waals surface area contributed by atoms with E-state index in [2.05, 4.69) is 25.7 Å². The summed E-state index contributed by atoms with van der Waals surface area (Å²) in [7, 11) is 0. The van der Waals surface area contributed by atoms with Gasteiger partial charge in [-0.05, 0) is 40.2 Å². The van der Waals surface area contributed by atoms with Crippen molar-refractivity contribution in [3.05, 3.63) is 0 Å². The summed E-state index contributed by atoms with van der Waals surface area (Å²) >= 11 is 0. The smallest absolute Gasteiger partial charge is 0.155 e. The fraction of sp³-hybridized carbons (Fsp3) is 0.929. The van der Waals surface area contributed by atoms with Gasteiger partial charge in [-0.25, -0.2) is 0 Å². The molecule has 0 N–H and O–H groups in total. The van der Waals surface area contributed by atoms with Crippen molar-refractivity contribution in [2.75, 3.05) is 6.54 Å². The van der Waals surface area contributed by atoms with Gasteiger partial charge in [-0.1, -0.05) is 27.2 Å². The van der Waals surface area contributed by atoms with E-state index in [9.17, 15) is 4.79 Å². The molecule has 0 amide bonds. The fourth-order valence-corrected chi connectivity index (χ4v) is 2.51. The van der Waals surface area contributed by atoms with E-state index in [0.29, 0.717) is 5.78 Å². The number of Topliss-reactive ketones (excluding diaryl/α,β-unsaturated/α-hetero) is 1. The summed E-state index contributed by atoms with van der Waals surface area (Å²) < 4.78 is 0. The molecule has 0 bridgehead atoms. The molecule has 0 aromatic rings. The van der Waals surface area contributed by atoms with Gasteiger partial charge in [-0.2, -0.15) is 0 Å². The average molecular weight is 225 g/mol. The lowest BCUT2D eigenvalue weighted by Crippen LogP contribution is -2.55. The van der Waals surface area contributed by atoms with E-state index >= 15 is 0 Å². The highest BCUT2D eigenvalue weighted by atomic mass is 16.1. The number of hydrogen-bond donors (Lipinski definition) is 0. The van der Waals surface area contributed by atoms with Crippen LogP contribution in [-0.2, 0) is 4.79 Å². The predicted octanol–water partition coefficient (Wildman–Crippen LogP) is 3.25. The molecule has 0 spiro atoms. The van der Waals surface area contributed by atoms with Crippen molar-refractivity contribution in [1.82, 2.24) is 4.90 Å². The number of nitrogens with zero attached hydrogens (tertiary/aromatic N) is 1. The van der Waals surface area contributed by atoms with Gasteiger partial charge in [0.05, 0.1) is 6.04 Å². The van der Waals surface area contributed by atoms with Crippen molar-refractivity contribution in [2.24, 2.45) is 5.41 Å². The van der Waals surface area contributed by atoms with Crippen molar-refractivity contribution >= 4 is 5.78 Å². The Kier molecular flexibility index (Phi) is 3.83. The Hall–Kier alpha value is -0.370. The maximum atomic E-state index is 12.4. The molecule has 1 heterocycles. The quantitative estimate of drug-likeness (QED) is 0.682. The number of hydrogen-bond acceptors (Lipinski definition) is 2. The highest BCUT2D eigenvalue weighted by molar-refractivity contribution is 5.88. The molecule has 1 atom stereocenters. The third-order valence-electron chi connectivity index (χ3n) is 3.41. The van der Waals surface area contributed by atoms with Crippen LogP contribution in [0, 0.1) is 5.41 Å². The molecule has 1 aliphatic rings. The van der Waals surface area contributed by atoms with E-state index < -0.39 is 0 Å². The van der Waals surface area contributed by atoms with Crippen LogP contribution < -0.4 is 0 Å². The SMILES string of the molecule is CC(C)(C)C(=O)C1CCCCN1C(C)(C)C. The fourth-order valence-electron chi connectivity index (χ4n) is 2.51. The molecule has 1 unspecified atom stereocenters. The minimum Gasteiger partial charge on any atom is -0.297 e. The molecule has 2 heteroatoms. The molecule has 0 radical (unpaired) electrons. The molecule has 0 aliphatic carbocycles. The Labute approximate surface area is 100 Å². The third-order valence-corrected chi connectivity index (χ3v) is 3.41. The molecule has 0 aromatic carbocycles. The number of piperidine rings is 1. The minimum absolute atomic E-state index is 0.103. The maximum absolute atomic E-state index is 12.4. The summed E-state index contributed by atoms with van der Waals surface area (Å²) in [5.41, 5.74) is -0.114. The Balaban J connectivity index is 2.87. The van der Waals surface area contributed by atoms with Gasteiger partial charge in [0.2, 0.25) is 0 Å². The van der Waals surface area contributed by atoms with Gasteiger partial charge in [-0.3, -0.25) is 9.69 Å². The van der Waals surface area contributed by atoms with Gasteiger partial charge < -0.3 is 0 Å². The number of carbonyl (C=O) groups is 1. The first-order chi connectivity index (χ1) is 7.14. The standard InChI is InChI=1S/C14H27NO/c1-13(2,3)12(16)11-9-7-8-10-15(11)14(4,5)6/h11H,7-10H2,1-6H3. The summed E-state index contributed by atoms with van der Waals surface area (Å²) in [5.74, 6) is 0.405. The minimum atomic E-state index is -0.217. The van der Waals surface area contributed by atoms with Gasteiger partial charge in [0.1, 0.15) is 0 Å². The van der Waals surface area contributed by atoms with E-state index in [4.69, 9.17) is 0 Å². The predicted molar refractivity (Wildman–Crippen MR) is 68.6 cm³/mol. The van der Waals surface area contributed by atoms with Crippen molar-refractivity contribution in [3.8, 4) is 0 Å². The Bertz CT molecular complexity index is 257. The van der Waals surface area contributed by atoms with E-state index in [1.807, 2.05) is 20.8 Å². The van der Waals surface area contributed by atoms with Crippen molar-refractivity contribution < 1.29 is 4.79 Å². The summed E-state index contributed by atoms with van der Waals surface area (Å²) in [4.78, 5) is 14.8. The average Bonchev–Trinajstić information content (AvgIpc) is 2.14. The Morgan fingerprint density at radius 3 is 2.06 bits per heavy atom. The van der Waals surface area contributed by atoms with E-state index in [1.54, 1.807) is 0 Å². The van der Waals surface area contributed by atoms with E-state index in [0.717, 1.165) is 13.0 Å². The summed E-state index contributed by atoms with van der Waals surface area (Å²) in [5, 5.41) is 0. The highest BCUT2D eigenvalue weighted by Crippen LogP contribution is 2.30. The van der Waals surface area contributed by atoms with Crippen LogP contribution in [0.1, 0.15) is 60.8 Å². The Morgan fingerprint density at radius 2 is 1.62 bits per heavy atom. The molecule has 16 heavy (non-hydrogen) atoms. The molecule has 0 aromatic heterocycles. The number of rotatable bonds is 1. The number of likely N-dealkylation sites (tertiary alicyclic amines) is 1. The second-order valence-electron chi connectivity index (χ2n) is 6.99. The van der Waals surface area contributed by atoms with Crippen LogP contribution >= 0.6 is 0 Å². The third kappa shape index (κ3) is 3.07. The van der Waals surface area contributed by atoms with Gasteiger partial charge in [0, 0.05) is 11.0 Å². The van der Waals surface area contributed by atoms with Crippen LogP contribution in [0.5, 0.6) is 0 Å². The molecule has 1 fully saturated rings. The zero-order valence-electron chi connectivity index (χ0n) is 11.8. The molecule has 1 aliphatic heterocycles. The van der Waals surface area contributed by atoms with Crippen LogP contribution in [0.2, 0.25) is 0 Å². The topological polar surface area (TPSA) is 20.3 Å². The largest absolute Gasteiger partial charge is 0.297 e. The second kappa shape index (κ2) is 4.48. The first-order valence-corrected chi connectivity index (χ1v) is 6.45. The zero-order chi connectivity index (χ0) is 12.6. The maximum Gasteiger partial charge on any atom is 0.155 e. The monoisotopic (exact) mass is 225 g/mol. The lowest BCUT2D eigenvalue weighted by molar-refractivity contribution is -0.135. The van der Waals surface area contributed by atoms with Gasteiger partial charge >= 0.3 is 0 Å². The summed E-state index contributed by atoms with van der Waals surface area (Å²) in [6.45, 7) is 13.8. The second-order valence-corrected chi connectivity index (χ2v) is 6.99. The lowest BCUT2D eigenvalue weighted by atomic mass is 9.81. The summed E-state index contributed by atoms with van der Waals surface area (Å²) in [6, 6.07) is 0.133. The Morgan fingerprint density at radius 1 is 1.06 bits per heavy atom. The van der Waals surface area contributed by atoms with Crippen LogP contribution in [-0.4, -0.2) is 28.8 Å². The van der Waals surface area contributed by atoms with Crippen LogP contribution in [0.25, 0.3) is 0 Å². The highest BCUT2D eigenvalue weighted by Gasteiger charge is 2.39. The normalized spacial score (nSPS) is 24.5. The summed E-state index contributed by atoms with van der Waals surface area (Å²) in [6.07, 6.45) is 3.46. The van der Waals surface area contributed by atoms with Crippen LogP contribution in [0.4, 0.5) is 0 Å². The zero-order valence-corrected chi connectivity index (χ0v) is 11.8. The van der Waals surface area contributed by atoms with Gasteiger partial charge in [0.15, 0.2) is 5.78 Å². The lowest BCUT2D eigenvalue weighted by Gasteiger charge is -2.45. The van der Waals surface area contributed by atoms with Gasteiger partial charge in [0.25, 0.3) is 0 Å².